The highest BCUT2D eigenvalue weighted by molar-refractivity contribution is 5.89. The van der Waals surface area contributed by atoms with Crippen molar-refractivity contribution >= 4 is 5.97 Å². The second-order valence-corrected chi connectivity index (χ2v) is 4.58. The van der Waals surface area contributed by atoms with Gasteiger partial charge in [0.1, 0.15) is 5.75 Å². The Labute approximate surface area is 112 Å². The third-order valence-electron chi connectivity index (χ3n) is 3.31. The first-order valence-electron chi connectivity index (χ1n) is 6.03. The molecular weight excluding hydrogens is 242 g/mol. The van der Waals surface area contributed by atoms with Crippen LogP contribution in [0.3, 0.4) is 0 Å². The van der Waals surface area contributed by atoms with E-state index < -0.39 is 5.97 Å². The fourth-order valence-corrected chi connectivity index (χ4v) is 2.36. The lowest BCUT2D eigenvalue weighted by molar-refractivity contribution is 0.0696. The van der Waals surface area contributed by atoms with Crippen LogP contribution in [-0.4, -0.2) is 22.8 Å². The van der Waals surface area contributed by atoms with E-state index in [1.165, 1.54) is 0 Å². The largest absolute Gasteiger partial charge is 0.497 e. The molecule has 0 aliphatic carbocycles. The van der Waals surface area contributed by atoms with Crippen molar-refractivity contribution < 1.29 is 14.6 Å². The fraction of sp³-hybridized carbons (Fsp3) is 0.267. The van der Waals surface area contributed by atoms with E-state index in [-0.39, 0.29) is 0 Å². The van der Waals surface area contributed by atoms with Crippen molar-refractivity contribution in [1.82, 2.24) is 4.57 Å². The van der Waals surface area contributed by atoms with Crippen molar-refractivity contribution in [2.45, 2.75) is 20.8 Å². The number of carbonyl (C=O) groups is 1. The molecule has 2 aromatic rings. The Bertz CT molecular complexity index is 641. The zero-order valence-electron chi connectivity index (χ0n) is 11.5. The molecule has 1 aromatic carbocycles. The summed E-state index contributed by atoms with van der Waals surface area (Å²) >= 11 is 0. The van der Waals surface area contributed by atoms with Gasteiger partial charge >= 0.3 is 5.97 Å². The summed E-state index contributed by atoms with van der Waals surface area (Å²) in [5.41, 5.74) is 4.00. The number of ether oxygens (including phenoxy) is 1. The van der Waals surface area contributed by atoms with Crippen molar-refractivity contribution in [3.63, 3.8) is 0 Å². The monoisotopic (exact) mass is 259 g/mol. The first-order valence-corrected chi connectivity index (χ1v) is 6.03. The quantitative estimate of drug-likeness (QED) is 0.921. The summed E-state index contributed by atoms with van der Waals surface area (Å²) in [4.78, 5) is 11.2. The van der Waals surface area contributed by atoms with E-state index >= 15 is 0 Å². The molecule has 0 fully saturated rings. The van der Waals surface area contributed by atoms with E-state index in [1.54, 1.807) is 13.2 Å². The van der Waals surface area contributed by atoms with Gasteiger partial charge in [0.2, 0.25) is 0 Å². The van der Waals surface area contributed by atoms with Gasteiger partial charge in [0, 0.05) is 17.1 Å². The lowest BCUT2D eigenvalue weighted by Crippen LogP contribution is -2.04. The first-order chi connectivity index (χ1) is 8.95. The summed E-state index contributed by atoms with van der Waals surface area (Å²) in [5, 5.41) is 9.17. The van der Waals surface area contributed by atoms with Crippen molar-refractivity contribution in [2.75, 3.05) is 7.11 Å². The highest BCUT2D eigenvalue weighted by Crippen LogP contribution is 2.25. The van der Waals surface area contributed by atoms with Crippen LogP contribution in [0.5, 0.6) is 5.75 Å². The summed E-state index contributed by atoms with van der Waals surface area (Å²) in [7, 11) is 1.63. The molecule has 1 aromatic heterocycles. The molecule has 0 saturated heterocycles. The Kier molecular flexibility index (Phi) is 3.34. The maximum Gasteiger partial charge on any atom is 0.337 e. The number of carboxylic acid groups (broad SMARTS) is 1. The Morgan fingerprint density at radius 2 is 1.89 bits per heavy atom. The van der Waals surface area contributed by atoms with E-state index in [9.17, 15) is 4.79 Å². The zero-order valence-corrected chi connectivity index (χ0v) is 11.5. The van der Waals surface area contributed by atoms with Crippen LogP contribution in [0.25, 0.3) is 5.69 Å². The van der Waals surface area contributed by atoms with Gasteiger partial charge in [-0.05, 0) is 50.6 Å². The van der Waals surface area contributed by atoms with E-state index in [2.05, 4.69) is 0 Å². The number of nitrogens with zero attached hydrogens (tertiary/aromatic N) is 1. The molecule has 0 bridgehead atoms. The molecule has 0 spiro atoms. The van der Waals surface area contributed by atoms with Gasteiger partial charge < -0.3 is 14.4 Å². The topological polar surface area (TPSA) is 51.5 Å². The predicted octanol–water partition coefficient (Wildman–Crippen LogP) is 3.11. The number of methoxy groups -OCH3 is 1. The lowest BCUT2D eigenvalue weighted by atomic mass is 10.1. The molecule has 0 amide bonds. The fourth-order valence-electron chi connectivity index (χ4n) is 2.36. The average molecular weight is 259 g/mol. The number of rotatable bonds is 3. The number of benzene rings is 1. The maximum atomic E-state index is 11.2. The normalized spacial score (nSPS) is 10.5. The number of aromatic nitrogens is 1. The Morgan fingerprint density at radius 3 is 2.37 bits per heavy atom. The molecule has 0 radical (unpaired) electrons. The molecule has 100 valence electrons. The number of aryl methyl sites for hydroxylation is 2. The summed E-state index contributed by atoms with van der Waals surface area (Å²) in [6.45, 7) is 5.71. The van der Waals surface area contributed by atoms with Gasteiger partial charge in [-0.15, -0.1) is 0 Å². The molecule has 1 heterocycles. The van der Waals surface area contributed by atoms with Crippen LogP contribution in [0.15, 0.2) is 24.3 Å². The third kappa shape index (κ3) is 2.21. The van der Waals surface area contributed by atoms with Gasteiger partial charge in [0.05, 0.1) is 12.7 Å². The number of hydrogen-bond donors (Lipinski definition) is 1. The molecule has 4 nitrogen and oxygen atoms in total. The van der Waals surface area contributed by atoms with E-state index in [4.69, 9.17) is 9.84 Å². The van der Waals surface area contributed by atoms with Gasteiger partial charge in [0.25, 0.3) is 0 Å². The SMILES string of the molecule is COc1ccc(-n2c(C)cc(C(=O)O)c2C)c(C)c1. The van der Waals surface area contributed by atoms with Gasteiger partial charge in [-0.25, -0.2) is 4.79 Å². The number of hydrogen-bond acceptors (Lipinski definition) is 2. The second kappa shape index (κ2) is 4.80. The summed E-state index contributed by atoms with van der Waals surface area (Å²) in [6.07, 6.45) is 0. The van der Waals surface area contributed by atoms with Crippen LogP contribution in [0, 0.1) is 20.8 Å². The zero-order chi connectivity index (χ0) is 14.2. The first kappa shape index (κ1) is 13.2. The van der Waals surface area contributed by atoms with Crippen LogP contribution in [0.2, 0.25) is 0 Å². The standard InChI is InChI=1S/C15H17NO3/c1-9-7-12(19-4)5-6-14(9)16-10(2)8-13(11(16)3)15(17)18/h5-8H,1-4H3,(H,17,18). The van der Waals surface area contributed by atoms with Gasteiger partial charge in [-0.2, -0.15) is 0 Å². The molecule has 0 unspecified atom stereocenters. The molecule has 19 heavy (non-hydrogen) atoms. The minimum atomic E-state index is -0.898. The molecule has 2 rings (SSSR count). The maximum absolute atomic E-state index is 11.2. The van der Waals surface area contributed by atoms with E-state index in [0.29, 0.717) is 5.56 Å². The average Bonchev–Trinajstić information content (AvgIpc) is 2.65. The summed E-state index contributed by atoms with van der Waals surface area (Å²) in [5.74, 6) is -0.104. The van der Waals surface area contributed by atoms with Crippen LogP contribution < -0.4 is 4.74 Å². The lowest BCUT2D eigenvalue weighted by Gasteiger charge is -2.13. The summed E-state index contributed by atoms with van der Waals surface area (Å²) in [6, 6.07) is 7.46. The second-order valence-electron chi connectivity index (χ2n) is 4.58. The summed E-state index contributed by atoms with van der Waals surface area (Å²) < 4.78 is 7.14. The third-order valence-corrected chi connectivity index (χ3v) is 3.31. The molecule has 0 saturated carbocycles. The van der Waals surface area contributed by atoms with Gasteiger partial charge in [0.15, 0.2) is 0 Å². The predicted molar refractivity (Wildman–Crippen MR) is 73.5 cm³/mol. The van der Waals surface area contributed by atoms with Crippen molar-refractivity contribution in [2.24, 2.45) is 0 Å². The van der Waals surface area contributed by atoms with Crippen molar-refractivity contribution in [1.29, 1.82) is 0 Å². The number of carboxylic acids is 1. The molecule has 1 N–H and O–H groups in total. The number of aromatic carboxylic acids is 1. The molecule has 0 aliphatic heterocycles. The highest BCUT2D eigenvalue weighted by atomic mass is 16.5. The van der Waals surface area contributed by atoms with Crippen LogP contribution in [-0.2, 0) is 0 Å². The minimum absolute atomic E-state index is 0.340. The van der Waals surface area contributed by atoms with Crippen molar-refractivity contribution in [3.8, 4) is 11.4 Å². The highest BCUT2D eigenvalue weighted by Gasteiger charge is 2.16. The van der Waals surface area contributed by atoms with E-state index in [1.807, 2.05) is 43.5 Å². The molecule has 0 atom stereocenters. The van der Waals surface area contributed by atoms with Crippen LogP contribution in [0.1, 0.15) is 27.3 Å². The molecule has 4 heteroatoms. The minimum Gasteiger partial charge on any atom is -0.497 e. The van der Waals surface area contributed by atoms with Gasteiger partial charge in [-0.1, -0.05) is 0 Å². The Balaban J connectivity index is 2.62. The smallest absolute Gasteiger partial charge is 0.337 e. The molecular formula is C15H17NO3. The molecule has 0 aliphatic rings. The Morgan fingerprint density at radius 1 is 1.21 bits per heavy atom. The van der Waals surface area contributed by atoms with Crippen LogP contribution >= 0.6 is 0 Å². The van der Waals surface area contributed by atoms with Crippen LogP contribution in [0.4, 0.5) is 0 Å². The van der Waals surface area contributed by atoms with Crippen molar-refractivity contribution in [3.05, 3.63) is 46.8 Å². The van der Waals surface area contributed by atoms with Gasteiger partial charge in [-0.3, -0.25) is 0 Å². The van der Waals surface area contributed by atoms with E-state index in [0.717, 1.165) is 28.4 Å². The Hall–Kier alpha value is -2.23.